The Balaban J connectivity index is 0.000000133. The van der Waals surface area contributed by atoms with Gasteiger partial charge in [-0.3, -0.25) is 38.4 Å². The number of ketones is 1. The average Bonchev–Trinajstić information content (AvgIpc) is 1.63. The van der Waals surface area contributed by atoms with Crippen molar-refractivity contribution < 1.29 is 53.0 Å². The number of carbonyl (C=O) groups excluding carboxylic acids is 7. The number of para-hydroxylation sites is 4. The first-order chi connectivity index (χ1) is 66.3. The Morgan fingerprint density at radius 3 is 1.04 bits per heavy atom. The van der Waals surface area contributed by atoms with Crippen LogP contribution in [0.4, 0.5) is 0 Å². The van der Waals surface area contributed by atoms with E-state index in [1.54, 1.807) is 131 Å². The van der Waals surface area contributed by atoms with Crippen molar-refractivity contribution in [3.63, 3.8) is 0 Å². The normalized spacial score (nSPS) is 18.7. The molecule has 30 nitrogen and oxygen atoms in total. The van der Waals surface area contributed by atoms with Crippen molar-refractivity contribution >= 4 is 47.2 Å². The Bertz CT molecular complexity index is 6460. The standard InChI is InChI=1S/C30H31N5O3.C30H29N5O3.C30H27N5O2.C16H18N4O3/c2*1-21-16-17-24(20-34(21)30(38)25-14-8-9-15-26(25)35-31-18-19-32-35)29(37)33-27(22-10-4-2-5-11-22)28(36)23-12-6-3-7-13-23;1-21-16-17-24(20-34(21)30(36)25-14-8-9-15-26(25)35-31-18-19-32-35)29-33-27(22-10-4-2-5-11-22)28(37-29)23-12-6-3-7-13-23;1-11-6-7-12(16(22)23)10-19(11)15(21)13-4-2-3-5-14(13)20-17-8-9-18-20/h2-15,18-19,21,24,27-28,36H,16-17,20H2,1H3,(H,33,37);2-15,18-19,21,24,27H,16-17,20H2,1H3,(H,33,37);2-15,18-19,21,24H,16-17,20H2,1H3;2-5,8-9,11-12H,6-7,10H2,1H3,(H,22,23)/t21-,24-,27?,28?;21-,24-,27?;21-,24-;11-,12-/m1111/s1. The second kappa shape index (κ2) is 44.0. The van der Waals surface area contributed by atoms with Crippen molar-refractivity contribution in [3.8, 4) is 45.3 Å². The zero-order chi connectivity index (χ0) is 94.6. The third-order valence-corrected chi connectivity index (χ3v) is 25.5. The van der Waals surface area contributed by atoms with Gasteiger partial charge in [-0.2, -0.15) is 60.0 Å². The fourth-order valence-electron chi connectivity index (χ4n) is 17.9. The molecule has 9 heterocycles. The number of aliphatic carboxylic acids is 1. The lowest BCUT2D eigenvalue weighted by Crippen LogP contribution is -2.50. The monoisotopic (exact) mass is 1820 g/mol. The number of oxazole rings is 1. The molecule has 4 saturated heterocycles. The predicted molar refractivity (Wildman–Crippen MR) is 509 cm³/mol. The Morgan fingerprint density at radius 2 is 0.647 bits per heavy atom. The quantitative estimate of drug-likeness (QED) is 0.0458. The number of carbonyl (C=O) groups is 8. The van der Waals surface area contributed by atoms with Crippen molar-refractivity contribution in [3.05, 3.63) is 379 Å². The van der Waals surface area contributed by atoms with E-state index in [2.05, 4.69) is 58.3 Å². The Labute approximate surface area is 786 Å². The topological polar surface area (TPSA) is 363 Å². The molecule has 19 rings (SSSR count). The molecule has 0 saturated carbocycles. The lowest BCUT2D eigenvalue weighted by atomic mass is 9.90. The van der Waals surface area contributed by atoms with Gasteiger partial charge in [-0.1, -0.05) is 231 Å². The summed E-state index contributed by atoms with van der Waals surface area (Å²) in [5, 5.41) is 59.9. The molecule has 11 atom stereocenters. The number of hydrogen-bond donors (Lipinski definition) is 4. The van der Waals surface area contributed by atoms with Gasteiger partial charge in [0.05, 0.1) is 124 Å². The average molecular weight is 1820 g/mol. The molecule has 4 N–H and O–H groups in total. The minimum Gasteiger partial charge on any atom is -0.481 e. The molecule has 0 aliphatic carbocycles. The summed E-state index contributed by atoms with van der Waals surface area (Å²) in [7, 11) is 0. The number of hydrogen-bond acceptors (Lipinski definition) is 19. The summed E-state index contributed by atoms with van der Waals surface area (Å²) in [4.78, 5) is 124. The molecule has 6 amide bonds. The van der Waals surface area contributed by atoms with Gasteiger partial charge in [-0.15, -0.1) is 0 Å². The van der Waals surface area contributed by atoms with E-state index < -0.39 is 41.9 Å². The number of rotatable bonds is 22. The second-order valence-electron chi connectivity index (χ2n) is 34.3. The van der Waals surface area contributed by atoms with Crippen molar-refractivity contribution in [1.29, 1.82) is 0 Å². The van der Waals surface area contributed by atoms with E-state index in [-0.39, 0.29) is 90.9 Å². The molecule has 0 radical (unpaired) electrons. The molecule has 10 aromatic carbocycles. The predicted octanol–water partition coefficient (Wildman–Crippen LogP) is 15.9. The summed E-state index contributed by atoms with van der Waals surface area (Å²) in [6.45, 7) is 9.36. The fourth-order valence-corrected chi connectivity index (χ4v) is 17.9. The number of benzene rings is 10. The van der Waals surface area contributed by atoms with Gasteiger partial charge in [0.15, 0.2) is 17.4 Å². The van der Waals surface area contributed by atoms with Gasteiger partial charge in [0.25, 0.3) is 23.6 Å². The summed E-state index contributed by atoms with van der Waals surface area (Å²) in [6, 6.07) is 84.7. The van der Waals surface area contributed by atoms with E-state index in [1.807, 2.05) is 238 Å². The highest BCUT2D eigenvalue weighted by Gasteiger charge is 2.41. The van der Waals surface area contributed by atoms with Crippen LogP contribution >= 0.6 is 0 Å². The largest absolute Gasteiger partial charge is 0.481 e. The maximum absolute atomic E-state index is 13.8. The summed E-state index contributed by atoms with van der Waals surface area (Å²) in [5.74, 6) is -1.94. The summed E-state index contributed by atoms with van der Waals surface area (Å²) in [6.07, 6.45) is 17.3. The molecule has 3 unspecified atom stereocenters. The van der Waals surface area contributed by atoms with E-state index in [1.165, 1.54) is 19.2 Å². The lowest BCUT2D eigenvalue weighted by Gasteiger charge is -2.38. The number of nitrogens with zero attached hydrogens (tertiary/aromatic N) is 17. The maximum atomic E-state index is 13.8. The van der Waals surface area contributed by atoms with Gasteiger partial charge >= 0.3 is 5.97 Å². The molecule has 15 aromatic rings. The Morgan fingerprint density at radius 1 is 0.338 bits per heavy atom. The number of aliphatic hydroxyl groups excluding tert-OH is 1. The number of amides is 6. The highest BCUT2D eigenvalue weighted by molar-refractivity contribution is 6.04. The van der Waals surface area contributed by atoms with E-state index in [4.69, 9.17) is 9.40 Å². The third-order valence-electron chi connectivity index (χ3n) is 25.5. The van der Waals surface area contributed by atoms with Crippen LogP contribution in [-0.4, -0.2) is 192 Å². The van der Waals surface area contributed by atoms with Crippen LogP contribution in [0, 0.1) is 17.8 Å². The lowest BCUT2D eigenvalue weighted by molar-refractivity contribution is -0.143. The van der Waals surface area contributed by atoms with Crippen molar-refractivity contribution in [2.45, 2.75) is 127 Å². The Kier molecular flexibility index (Phi) is 30.1. The molecule has 5 aromatic heterocycles. The number of nitrogens with one attached hydrogen (secondary N) is 2. The number of likely N-dealkylation sites (tertiary alicyclic amines) is 4. The first-order valence-electron chi connectivity index (χ1n) is 45.8. The molecule has 4 fully saturated rings. The van der Waals surface area contributed by atoms with Crippen molar-refractivity contribution in [2.75, 3.05) is 26.2 Å². The van der Waals surface area contributed by atoms with Gasteiger partial charge in [-0.25, -0.2) is 4.98 Å². The second-order valence-corrected chi connectivity index (χ2v) is 34.3. The van der Waals surface area contributed by atoms with E-state index in [0.29, 0.717) is 107 Å². The van der Waals surface area contributed by atoms with E-state index in [0.717, 1.165) is 46.5 Å². The first kappa shape index (κ1) is 93.1. The highest BCUT2D eigenvalue weighted by atomic mass is 16.4. The highest BCUT2D eigenvalue weighted by Crippen LogP contribution is 2.40. The maximum Gasteiger partial charge on any atom is 0.308 e. The molecule has 4 aliphatic heterocycles. The minimum absolute atomic E-state index is 0.00457. The van der Waals surface area contributed by atoms with E-state index in [9.17, 15) is 48.6 Å². The number of Topliss-reactive ketones (excluding diaryl/α,β-unsaturated/α-hetero) is 1. The fraction of sp³-hybridized carbons (Fsp3) is 0.255. The SMILES string of the molecule is C[C@@H]1CC[C@@H](C(=O)NC(C(=O)c2ccccc2)c2ccccc2)CN1C(=O)c1ccccc1-n1nccn1.C[C@@H]1CC[C@@H](C(=O)NC(c2ccccc2)C(O)c2ccccc2)CN1C(=O)c1ccccc1-n1nccn1.C[C@@H]1CC[C@@H](C(=O)O)CN1C(=O)c1ccccc1-n1nccn1.C[C@@H]1CC[C@@H](c2nc(-c3ccccc3)c(-c3ccccc3)o2)CN1C(=O)c1ccccc1-n1nccn1. The van der Waals surface area contributed by atoms with Gasteiger partial charge in [0.1, 0.15) is 17.8 Å². The van der Waals surface area contributed by atoms with Crippen LogP contribution in [0.15, 0.2) is 333 Å². The van der Waals surface area contributed by atoms with Crippen LogP contribution < -0.4 is 10.6 Å². The van der Waals surface area contributed by atoms with Crippen LogP contribution in [-0.2, 0) is 14.4 Å². The number of carboxylic acid groups (broad SMARTS) is 1. The molecule has 30 heteroatoms. The molecule has 690 valence electrons. The zero-order valence-corrected chi connectivity index (χ0v) is 75.7. The minimum atomic E-state index is -0.920. The number of aromatic nitrogens is 13. The first-order valence-corrected chi connectivity index (χ1v) is 45.8. The molecular weight excluding hydrogens is 1720 g/mol. The van der Waals surface area contributed by atoms with Gasteiger partial charge < -0.3 is 44.9 Å². The van der Waals surface area contributed by atoms with Crippen LogP contribution in [0.2, 0.25) is 0 Å². The number of carboxylic acids is 1. The summed E-state index contributed by atoms with van der Waals surface area (Å²) in [5.41, 5.74) is 10.0. The smallest absolute Gasteiger partial charge is 0.308 e. The third kappa shape index (κ3) is 21.8. The molecular formula is C106H105N19O11. The van der Waals surface area contributed by atoms with Crippen LogP contribution in [0.3, 0.4) is 0 Å². The van der Waals surface area contributed by atoms with Gasteiger partial charge in [0.2, 0.25) is 11.8 Å². The van der Waals surface area contributed by atoms with Crippen molar-refractivity contribution in [2.24, 2.45) is 17.8 Å². The molecule has 0 spiro atoms. The molecule has 4 aliphatic rings. The van der Waals surface area contributed by atoms with Gasteiger partial charge in [-0.05, 0) is 144 Å². The Hall–Kier alpha value is -16.1. The summed E-state index contributed by atoms with van der Waals surface area (Å²) < 4.78 is 6.47. The van der Waals surface area contributed by atoms with Gasteiger partial charge in [0, 0.05) is 67.0 Å². The van der Waals surface area contributed by atoms with Crippen LogP contribution in [0.25, 0.3) is 45.3 Å². The molecule has 136 heavy (non-hydrogen) atoms. The zero-order valence-electron chi connectivity index (χ0n) is 75.7. The number of piperidine rings is 4. The van der Waals surface area contributed by atoms with E-state index >= 15 is 0 Å². The molecule has 0 bridgehead atoms. The van der Waals surface area contributed by atoms with Crippen molar-refractivity contribution in [1.82, 2.24) is 95.2 Å². The summed E-state index contributed by atoms with van der Waals surface area (Å²) >= 11 is 0. The van der Waals surface area contributed by atoms with Crippen LogP contribution in [0.5, 0.6) is 0 Å². The number of aliphatic hydroxyl groups is 1. The van der Waals surface area contributed by atoms with Crippen LogP contribution in [0.1, 0.15) is 178 Å².